The van der Waals surface area contributed by atoms with E-state index in [4.69, 9.17) is 14.2 Å². The highest BCUT2D eigenvalue weighted by Gasteiger charge is 2.27. The number of anilines is 1. The molecule has 0 saturated carbocycles. The van der Waals surface area contributed by atoms with Crippen molar-refractivity contribution in [2.75, 3.05) is 46.7 Å². The van der Waals surface area contributed by atoms with Crippen molar-refractivity contribution in [1.29, 1.82) is 0 Å². The van der Waals surface area contributed by atoms with Gasteiger partial charge in [-0.3, -0.25) is 0 Å². The molecule has 228 valence electrons. The number of allylic oxidation sites excluding steroid dienone is 1. The van der Waals surface area contributed by atoms with Gasteiger partial charge in [0.05, 0.1) is 18.2 Å². The fraction of sp³-hybridized carbons (Fsp3) is 0.371. The first kappa shape index (κ1) is 31.6. The monoisotopic (exact) mass is 585 g/mol. The number of hydrogen-bond acceptors (Lipinski definition) is 7. The van der Waals surface area contributed by atoms with E-state index in [0.717, 1.165) is 52.0 Å². The molecule has 0 radical (unpaired) electrons. The van der Waals surface area contributed by atoms with Crippen LogP contribution in [0.2, 0.25) is 0 Å². The van der Waals surface area contributed by atoms with Gasteiger partial charge in [0.25, 0.3) is 0 Å². The van der Waals surface area contributed by atoms with Gasteiger partial charge in [-0.05, 0) is 96.2 Å². The van der Waals surface area contributed by atoms with Gasteiger partial charge in [-0.1, -0.05) is 29.8 Å². The Balaban J connectivity index is 1.66. The fourth-order valence-electron chi connectivity index (χ4n) is 5.36. The molecule has 8 heteroatoms. The quantitative estimate of drug-likeness (QED) is 0.256. The van der Waals surface area contributed by atoms with E-state index in [0.29, 0.717) is 23.6 Å². The molecular weight excluding hydrogens is 542 g/mol. The van der Waals surface area contributed by atoms with Crippen LogP contribution in [0.15, 0.2) is 60.7 Å². The lowest BCUT2D eigenvalue weighted by Crippen LogP contribution is -2.32. The molecule has 3 aromatic rings. The SMILES string of the molecule is COc1cc(OC(=O)N(C)CCCN(C)C)ccc1-c1ccc2c(c1COC(=O)c1ccc(C)cc1)C(C)=CC(C)(C)N2. The third-order valence-corrected chi connectivity index (χ3v) is 7.46. The number of benzene rings is 3. The van der Waals surface area contributed by atoms with Crippen molar-refractivity contribution in [2.45, 2.75) is 46.3 Å². The number of amides is 1. The van der Waals surface area contributed by atoms with Gasteiger partial charge < -0.3 is 29.3 Å². The molecule has 0 unspecified atom stereocenters. The van der Waals surface area contributed by atoms with Gasteiger partial charge in [0.1, 0.15) is 18.1 Å². The van der Waals surface area contributed by atoms with E-state index in [-0.39, 0.29) is 12.1 Å². The van der Waals surface area contributed by atoms with Gasteiger partial charge in [-0.25, -0.2) is 9.59 Å². The van der Waals surface area contributed by atoms with Gasteiger partial charge in [-0.2, -0.15) is 0 Å². The standard InChI is InChI=1S/C35H43N3O5/c1-23-10-12-25(13-11-23)33(39)42-22-29-27(16-17-30-32(29)24(2)21-35(3,4)36-30)28-15-14-26(20-31(28)41-8)43-34(40)38(7)19-9-18-37(5)6/h10-17,20-21,36H,9,18-19,22H2,1-8H3. The van der Waals surface area contributed by atoms with Crippen molar-refractivity contribution in [3.8, 4) is 22.6 Å². The third kappa shape index (κ3) is 7.76. The molecule has 0 aliphatic carbocycles. The molecule has 4 rings (SSSR count). The average Bonchev–Trinajstić information content (AvgIpc) is 2.95. The molecule has 0 aromatic heterocycles. The molecule has 0 spiro atoms. The predicted octanol–water partition coefficient (Wildman–Crippen LogP) is 7.02. The third-order valence-electron chi connectivity index (χ3n) is 7.46. The number of ether oxygens (including phenoxy) is 3. The minimum absolute atomic E-state index is 0.0656. The number of nitrogens with one attached hydrogen (secondary N) is 1. The largest absolute Gasteiger partial charge is 0.496 e. The number of hydrogen-bond donors (Lipinski definition) is 1. The summed E-state index contributed by atoms with van der Waals surface area (Å²) in [7, 11) is 7.32. The van der Waals surface area contributed by atoms with Gasteiger partial charge >= 0.3 is 12.1 Å². The van der Waals surface area contributed by atoms with E-state index in [2.05, 4.69) is 37.1 Å². The van der Waals surface area contributed by atoms with Crippen molar-refractivity contribution < 1.29 is 23.8 Å². The Hall–Kier alpha value is -4.30. The van der Waals surface area contributed by atoms with E-state index in [1.807, 2.05) is 51.4 Å². The maximum absolute atomic E-state index is 13.0. The van der Waals surface area contributed by atoms with Crippen molar-refractivity contribution in [2.24, 2.45) is 0 Å². The van der Waals surface area contributed by atoms with E-state index < -0.39 is 12.1 Å². The highest BCUT2D eigenvalue weighted by molar-refractivity contribution is 5.91. The lowest BCUT2D eigenvalue weighted by molar-refractivity contribution is 0.0473. The number of nitrogens with zero attached hydrogens (tertiary/aromatic N) is 2. The second-order valence-electron chi connectivity index (χ2n) is 11.9. The minimum Gasteiger partial charge on any atom is -0.496 e. The first-order valence-corrected chi connectivity index (χ1v) is 14.5. The van der Waals surface area contributed by atoms with Crippen LogP contribution in [0.5, 0.6) is 11.5 Å². The van der Waals surface area contributed by atoms with Crippen LogP contribution in [0.3, 0.4) is 0 Å². The van der Waals surface area contributed by atoms with Crippen LogP contribution in [0.25, 0.3) is 16.7 Å². The van der Waals surface area contributed by atoms with Crippen molar-refractivity contribution in [1.82, 2.24) is 9.80 Å². The number of aryl methyl sites for hydroxylation is 1. The first-order valence-electron chi connectivity index (χ1n) is 14.5. The first-order chi connectivity index (χ1) is 20.4. The number of fused-ring (bicyclic) bond motifs is 1. The summed E-state index contributed by atoms with van der Waals surface area (Å²) in [6, 6.07) is 16.7. The zero-order chi connectivity index (χ0) is 31.3. The van der Waals surface area contributed by atoms with Crippen LogP contribution in [-0.2, 0) is 11.3 Å². The average molecular weight is 586 g/mol. The molecule has 0 bridgehead atoms. The maximum Gasteiger partial charge on any atom is 0.414 e. The summed E-state index contributed by atoms with van der Waals surface area (Å²) < 4.78 is 17.4. The summed E-state index contributed by atoms with van der Waals surface area (Å²) >= 11 is 0. The Bertz CT molecular complexity index is 1510. The molecule has 0 atom stereocenters. The summed E-state index contributed by atoms with van der Waals surface area (Å²) in [6.07, 6.45) is 2.59. The lowest BCUT2D eigenvalue weighted by Gasteiger charge is -2.33. The van der Waals surface area contributed by atoms with E-state index in [1.54, 1.807) is 43.3 Å². The second-order valence-corrected chi connectivity index (χ2v) is 11.9. The van der Waals surface area contributed by atoms with Crippen LogP contribution >= 0.6 is 0 Å². The zero-order valence-corrected chi connectivity index (χ0v) is 26.5. The molecule has 0 saturated heterocycles. The topological polar surface area (TPSA) is 80.3 Å². The number of methoxy groups -OCH3 is 1. The van der Waals surface area contributed by atoms with E-state index in [9.17, 15) is 9.59 Å². The molecule has 1 N–H and O–H groups in total. The molecule has 0 fully saturated rings. The fourth-order valence-corrected chi connectivity index (χ4v) is 5.36. The van der Waals surface area contributed by atoms with Gasteiger partial charge in [0.2, 0.25) is 0 Å². The minimum atomic E-state index is -0.430. The Kier molecular flexibility index (Phi) is 9.81. The van der Waals surface area contributed by atoms with Crippen LogP contribution < -0.4 is 14.8 Å². The highest BCUT2D eigenvalue weighted by atomic mass is 16.6. The van der Waals surface area contributed by atoms with Crippen LogP contribution in [0, 0.1) is 6.92 Å². The highest BCUT2D eigenvalue weighted by Crippen LogP contribution is 2.43. The summed E-state index contributed by atoms with van der Waals surface area (Å²) in [6.45, 7) is 9.82. The number of carbonyl (C=O) groups is 2. The van der Waals surface area contributed by atoms with Crippen LogP contribution in [-0.4, -0.2) is 68.7 Å². The molecule has 1 aliphatic heterocycles. The summed E-state index contributed by atoms with van der Waals surface area (Å²) in [5, 5.41) is 3.59. The lowest BCUT2D eigenvalue weighted by atomic mass is 9.85. The van der Waals surface area contributed by atoms with Crippen molar-refractivity contribution in [3.05, 3.63) is 82.9 Å². The zero-order valence-electron chi connectivity index (χ0n) is 26.5. The number of rotatable bonds is 10. The summed E-state index contributed by atoms with van der Waals surface area (Å²) in [4.78, 5) is 29.4. The summed E-state index contributed by atoms with van der Waals surface area (Å²) in [5.41, 5.74) is 6.91. The predicted molar refractivity (Wildman–Crippen MR) is 172 cm³/mol. The number of esters is 1. The molecule has 1 heterocycles. The molecule has 8 nitrogen and oxygen atoms in total. The second kappa shape index (κ2) is 13.3. The Morgan fingerprint density at radius 1 is 0.907 bits per heavy atom. The Morgan fingerprint density at radius 3 is 2.28 bits per heavy atom. The maximum atomic E-state index is 13.0. The van der Waals surface area contributed by atoms with E-state index >= 15 is 0 Å². The van der Waals surface area contributed by atoms with Gasteiger partial charge in [0, 0.05) is 42.0 Å². The van der Waals surface area contributed by atoms with Gasteiger partial charge in [-0.15, -0.1) is 0 Å². The van der Waals surface area contributed by atoms with Crippen LogP contribution in [0.1, 0.15) is 54.2 Å². The van der Waals surface area contributed by atoms with Gasteiger partial charge in [0.15, 0.2) is 0 Å². The smallest absolute Gasteiger partial charge is 0.414 e. The Morgan fingerprint density at radius 2 is 1.60 bits per heavy atom. The molecule has 3 aromatic carbocycles. The van der Waals surface area contributed by atoms with Crippen molar-refractivity contribution in [3.63, 3.8) is 0 Å². The molecular formula is C35H43N3O5. The van der Waals surface area contributed by atoms with E-state index in [1.165, 1.54) is 0 Å². The molecule has 1 aliphatic rings. The van der Waals surface area contributed by atoms with Crippen LogP contribution in [0.4, 0.5) is 10.5 Å². The van der Waals surface area contributed by atoms with Crippen molar-refractivity contribution >= 4 is 23.3 Å². The number of carbonyl (C=O) groups excluding carboxylic acids is 2. The normalized spacial score (nSPS) is 13.5. The Labute approximate surface area is 255 Å². The summed E-state index contributed by atoms with van der Waals surface area (Å²) in [5.74, 6) is 0.533. The molecule has 1 amide bonds. The molecule has 43 heavy (non-hydrogen) atoms.